The van der Waals surface area contributed by atoms with Gasteiger partial charge in [0.05, 0.1) is 25.7 Å². The molecule has 3 aromatic carbocycles. The number of hydrogen-bond donors (Lipinski definition) is 2. The topological polar surface area (TPSA) is 86.6 Å². The van der Waals surface area contributed by atoms with Crippen molar-refractivity contribution in [3.05, 3.63) is 59.7 Å². The maximum absolute atomic E-state index is 11.1. The molecule has 2 N–H and O–H groups in total. The number of phenolic OH excluding ortho intramolecular Hbond substituents is 1. The summed E-state index contributed by atoms with van der Waals surface area (Å²) in [7, 11) is 3.07. The van der Waals surface area contributed by atoms with Gasteiger partial charge in [0.2, 0.25) is 0 Å². The van der Waals surface area contributed by atoms with Crippen molar-refractivity contribution in [3.8, 4) is 23.0 Å². The zero-order valence-electron chi connectivity index (χ0n) is 19.7. The first kappa shape index (κ1) is 24.6. The highest BCUT2D eigenvalue weighted by atomic mass is 16.7. The fraction of sp³-hybridized carbons (Fsp3) is 0.385. The fourth-order valence-corrected chi connectivity index (χ4v) is 3.74. The minimum atomic E-state index is -1.12. The molecule has 0 amide bonds. The first-order chi connectivity index (χ1) is 15.9. The van der Waals surface area contributed by atoms with Crippen LogP contribution >= 0.6 is 0 Å². The average molecular weight is 457 g/mol. The third-order valence-electron chi connectivity index (χ3n) is 5.40. The standard InChI is InChI=1S/C26H32O7/c1-6-31-17(3)33-16(2)25(27)21-14-23(30-5)24-20(26(21)28)12-19(13-22(24)29-4)32-15-18-10-8-7-9-11-18/h7-14,16-17,25,27-28H,6,15H2,1-5H3/t16-,17-,25+/m1/s1. The molecule has 3 atom stereocenters. The van der Waals surface area contributed by atoms with Gasteiger partial charge in [0.15, 0.2) is 6.29 Å². The Hall–Kier alpha value is -3.00. The second kappa shape index (κ2) is 11.2. The highest BCUT2D eigenvalue weighted by Gasteiger charge is 2.26. The maximum Gasteiger partial charge on any atom is 0.155 e. The molecule has 0 aromatic heterocycles. The van der Waals surface area contributed by atoms with E-state index < -0.39 is 18.5 Å². The van der Waals surface area contributed by atoms with Crippen molar-refractivity contribution in [3.63, 3.8) is 0 Å². The smallest absolute Gasteiger partial charge is 0.155 e. The van der Waals surface area contributed by atoms with Gasteiger partial charge >= 0.3 is 0 Å². The minimum Gasteiger partial charge on any atom is -0.507 e. The Morgan fingerprint density at radius 1 is 0.939 bits per heavy atom. The summed E-state index contributed by atoms with van der Waals surface area (Å²) >= 11 is 0. The van der Waals surface area contributed by atoms with Gasteiger partial charge in [-0.05, 0) is 38.5 Å². The number of methoxy groups -OCH3 is 2. The number of aliphatic hydroxyl groups is 1. The van der Waals surface area contributed by atoms with E-state index in [1.54, 1.807) is 39.2 Å². The van der Waals surface area contributed by atoms with E-state index in [1.807, 2.05) is 37.3 Å². The Morgan fingerprint density at radius 3 is 2.24 bits per heavy atom. The zero-order valence-corrected chi connectivity index (χ0v) is 19.7. The summed E-state index contributed by atoms with van der Waals surface area (Å²) < 4.78 is 28.2. The van der Waals surface area contributed by atoms with Crippen molar-refractivity contribution < 1.29 is 33.9 Å². The molecule has 3 rings (SSSR count). The highest BCUT2D eigenvalue weighted by molar-refractivity contribution is 6.00. The minimum absolute atomic E-state index is 0.0960. The summed E-state index contributed by atoms with van der Waals surface area (Å²) in [4.78, 5) is 0. The lowest BCUT2D eigenvalue weighted by atomic mass is 9.97. The van der Waals surface area contributed by atoms with Crippen LogP contribution in [0, 0.1) is 0 Å². The summed E-state index contributed by atoms with van der Waals surface area (Å²) in [6.07, 6.45) is -2.26. The Labute approximate surface area is 194 Å². The second-order valence-corrected chi connectivity index (χ2v) is 7.65. The van der Waals surface area contributed by atoms with Gasteiger partial charge in [-0.1, -0.05) is 30.3 Å². The van der Waals surface area contributed by atoms with Crippen LogP contribution in [0.1, 0.15) is 38.0 Å². The number of benzene rings is 3. The molecular weight excluding hydrogens is 424 g/mol. The molecule has 0 aliphatic rings. The quantitative estimate of drug-likeness (QED) is 0.394. The van der Waals surface area contributed by atoms with E-state index in [1.165, 1.54) is 7.11 Å². The van der Waals surface area contributed by atoms with Gasteiger partial charge in [0.25, 0.3) is 0 Å². The third kappa shape index (κ3) is 5.68. The van der Waals surface area contributed by atoms with Crippen molar-refractivity contribution >= 4 is 10.8 Å². The first-order valence-corrected chi connectivity index (χ1v) is 10.9. The number of phenols is 1. The zero-order chi connectivity index (χ0) is 24.0. The molecule has 0 aliphatic carbocycles. The van der Waals surface area contributed by atoms with Gasteiger partial charge in [-0.25, -0.2) is 0 Å². The number of aliphatic hydroxyl groups excluding tert-OH is 1. The lowest BCUT2D eigenvalue weighted by molar-refractivity contribution is -0.176. The van der Waals surface area contributed by atoms with Crippen LogP contribution in [0.25, 0.3) is 10.8 Å². The molecule has 178 valence electrons. The van der Waals surface area contributed by atoms with Crippen LogP contribution in [0.15, 0.2) is 48.5 Å². The van der Waals surface area contributed by atoms with Crippen molar-refractivity contribution in [2.75, 3.05) is 20.8 Å². The molecule has 0 saturated heterocycles. The van der Waals surface area contributed by atoms with Crippen molar-refractivity contribution in [2.24, 2.45) is 0 Å². The molecule has 33 heavy (non-hydrogen) atoms. The van der Waals surface area contributed by atoms with Crippen LogP contribution in [0.4, 0.5) is 0 Å². The molecule has 0 saturated carbocycles. The Morgan fingerprint density at radius 2 is 1.61 bits per heavy atom. The summed E-state index contributed by atoms with van der Waals surface area (Å²) in [5, 5.41) is 23.1. The third-order valence-corrected chi connectivity index (χ3v) is 5.40. The first-order valence-electron chi connectivity index (χ1n) is 10.9. The molecule has 0 spiro atoms. The molecular formula is C26H32O7. The highest BCUT2D eigenvalue weighted by Crippen LogP contribution is 2.46. The van der Waals surface area contributed by atoms with Crippen molar-refractivity contribution in [1.29, 1.82) is 0 Å². The van der Waals surface area contributed by atoms with E-state index in [9.17, 15) is 10.2 Å². The van der Waals surface area contributed by atoms with Crippen LogP contribution in [0.2, 0.25) is 0 Å². The molecule has 0 bridgehead atoms. The predicted octanol–water partition coefficient (Wildman–Crippen LogP) is 4.96. The van der Waals surface area contributed by atoms with E-state index in [4.69, 9.17) is 23.7 Å². The van der Waals surface area contributed by atoms with E-state index in [-0.39, 0.29) is 11.3 Å². The van der Waals surface area contributed by atoms with Gasteiger partial charge < -0.3 is 33.9 Å². The fourth-order valence-electron chi connectivity index (χ4n) is 3.74. The van der Waals surface area contributed by atoms with Gasteiger partial charge in [0.1, 0.15) is 35.7 Å². The number of rotatable bonds is 11. The molecule has 0 aliphatic heterocycles. The summed E-state index contributed by atoms with van der Waals surface area (Å²) in [5.41, 5.74) is 1.29. The summed E-state index contributed by atoms with van der Waals surface area (Å²) in [6, 6.07) is 14.8. The van der Waals surface area contributed by atoms with E-state index in [0.29, 0.717) is 41.2 Å². The van der Waals surface area contributed by atoms with Crippen LogP contribution in [0.5, 0.6) is 23.0 Å². The molecule has 3 aromatic rings. The monoisotopic (exact) mass is 456 g/mol. The lowest BCUT2D eigenvalue weighted by Crippen LogP contribution is -2.25. The number of fused-ring (bicyclic) bond motifs is 1. The van der Waals surface area contributed by atoms with Gasteiger partial charge in [-0.2, -0.15) is 0 Å². The van der Waals surface area contributed by atoms with E-state index in [2.05, 4.69) is 0 Å². The van der Waals surface area contributed by atoms with E-state index in [0.717, 1.165) is 5.56 Å². The molecule has 7 heteroatoms. The Balaban J connectivity index is 2.01. The molecule has 0 radical (unpaired) electrons. The second-order valence-electron chi connectivity index (χ2n) is 7.65. The molecule has 0 fully saturated rings. The Bertz CT molecular complexity index is 1050. The normalized spacial score (nSPS) is 14.0. The number of ether oxygens (including phenoxy) is 5. The number of hydrogen-bond acceptors (Lipinski definition) is 7. The van der Waals surface area contributed by atoms with Crippen molar-refractivity contribution in [1.82, 2.24) is 0 Å². The van der Waals surface area contributed by atoms with Crippen LogP contribution in [-0.4, -0.2) is 43.4 Å². The van der Waals surface area contributed by atoms with Gasteiger partial charge in [-0.15, -0.1) is 0 Å². The SMILES string of the molecule is CCO[C@@H](C)O[C@H](C)[C@H](O)c1cc(OC)c2c(OC)cc(OCc3ccccc3)cc2c1O. The van der Waals surface area contributed by atoms with Crippen LogP contribution < -0.4 is 14.2 Å². The van der Waals surface area contributed by atoms with Gasteiger partial charge in [-0.3, -0.25) is 0 Å². The van der Waals surface area contributed by atoms with Crippen LogP contribution in [-0.2, 0) is 16.1 Å². The van der Waals surface area contributed by atoms with E-state index >= 15 is 0 Å². The summed E-state index contributed by atoms with van der Waals surface area (Å²) in [5.74, 6) is 1.36. The number of aromatic hydroxyl groups is 1. The molecule has 0 heterocycles. The lowest BCUT2D eigenvalue weighted by Gasteiger charge is -2.25. The average Bonchev–Trinajstić information content (AvgIpc) is 2.83. The molecule has 0 unspecified atom stereocenters. The predicted molar refractivity (Wildman–Crippen MR) is 126 cm³/mol. The summed E-state index contributed by atoms with van der Waals surface area (Å²) in [6.45, 7) is 6.19. The van der Waals surface area contributed by atoms with Crippen LogP contribution in [0.3, 0.4) is 0 Å². The van der Waals surface area contributed by atoms with Gasteiger partial charge in [0, 0.05) is 23.6 Å². The largest absolute Gasteiger partial charge is 0.507 e. The maximum atomic E-state index is 11.1. The molecule has 7 nitrogen and oxygen atoms in total. The van der Waals surface area contributed by atoms with Crippen molar-refractivity contribution in [2.45, 2.75) is 45.9 Å². The Kier molecular flexibility index (Phi) is 8.38.